The van der Waals surface area contributed by atoms with Crippen LogP contribution < -0.4 is 0 Å². The van der Waals surface area contributed by atoms with E-state index in [9.17, 15) is 4.79 Å². The monoisotopic (exact) mass is 298 g/mol. The van der Waals surface area contributed by atoms with Gasteiger partial charge in [0.1, 0.15) is 11.4 Å². The lowest BCUT2D eigenvalue weighted by atomic mass is 10.2. The average molecular weight is 299 g/mol. The predicted molar refractivity (Wildman–Crippen MR) is 70.5 cm³/mol. The third kappa shape index (κ3) is 5.04. The van der Waals surface area contributed by atoms with Gasteiger partial charge in [0.25, 0.3) is 0 Å². The zero-order chi connectivity index (χ0) is 13.1. The zero-order valence-corrected chi connectivity index (χ0v) is 11.7. The van der Waals surface area contributed by atoms with Crippen LogP contribution in [0.1, 0.15) is 26.3 Å². The van der Waals surface area contributed by atoms with Crippen LogP contribution in [-0.4, -0.2) is 11.8 Å². The molecule has 0 spiro atoms. The van der Waals surface area contributed by atoms with Crippen molar-refractivity contribution in [2.75, 3.05) is 0 Å². The number of hydrogen-bond donors (Lipinski definition) is 0. The molecule has 0 atom stereocenters. The van der Waals surface area contributed by atoms with Crippen molar-refractivity contribution < 1.29 is 14.3 Å². The van der Waals surface area contributed by atoms with Crippen molar-refractivity contribution in [1.82, 2.24) is 0 Å². The summed E-state index contributed by atoms with van der Waals surface area (Å²) in [6, 6.07) is 7.30. The highest BCUT2D eigenvalue weighted by atomic mass is 79.9. The Balaban J connectivity index is 2.61. The molecule has 0 saturated carbocycles. The Morgan fingerprint density at radius 2 is 1.76 bits per heavy atom. The molecule has 0 N–H and O–H groups in total. The van der Waals surface area contributed by atoms with Crippen LogP contribution in [0.5, 0.6) is 0 Å². The number of rotatable bonds is 2. The van der Waals surface area contributed by atoms with Gasteiger partial charge in [-0.15, -0.1) is 0 Å². The molecule has 0 aromatic heterocycles. The van der Waals surface area contributed by atoms with Crippen molar-refractivity contribution in [2.45, 2.75) is 26.4 Å². The van der Waals surface area contributed by atoms with Gasteiger partial charge >= 0.3 is 6.16 Å². The summed E-state index contributed by atoms with van der Waals surface area (Å²) in [6.45, 7) is 9.01. The molecule has 92 valence electrons. The van der Waals surface area contributed by atoms with E-state index in [1.807, 2.05) is 12.1 Å². The molecule has 0 radical (unpaired) electrons. The van der Waals surface area contributed by atoms with Gasteiger partial charge in [0.15, 0.2) is 0 Å². The van der Waals surface area contributed by atoms with Crippen LogP contribution >= 0.6 is 15.9 Å². The molecule has 1 aromatic carbocycles. The fraction of sp³-hybridized carbons (Fsp3) is 0.308. The molecule has 1 rings (SSSR count). The number of halogens is 1. The Morgan fingerprint density at radius 1 is 1.24 bits per heavy atom. The SMILES string of the molecule is C=C(OC(=O)OC(C)(C)C)c1ccc(Br)cc1. The van der Waals surface area contributed by atoms with Crippen molar-refractivity contribution in [3.05, 3.63) is 40.9 Å². The van der Waals surface area contributed by atoms with E-state index in [0.29, 0.717) is 0 Å². The fourth-order valence-electron chi connectivity index (χ4n) is 1.07. The van der Waals surface area contributed by atoms with E-state index < -0.39 is 11.8 Å². The van der Waals surface area contributed by atoms with E-state index in [4.69, 9.17) is 9.47 Å². The predicted octanol–water partition coefficient (Wildman–Crippen LogP) is 4.37. The third-order valence-electron chi connectivity index (χ3n) is 1.76. The molecule has 0 aliphatic carbocycles. The number of carbonyl (C=O) groups is 1. The van der Waals surface area contributed by atoms with E-state index >= 15 is 0 Å². The lowest BCUT2D eigenvalue weighted by Gasteiger charge is -2.19. The molecule has 17 heavy (non-hydrogen) atoms. The van der Waals surface area contributed by atoms with E-state index in [2.05, 4.69) is 22.5 Å². The molecule has 0 aliphatic rings. The van der Waals surface area contributed by atoms with Gasteiger partial charge in [0.05, 0.1) is 0 Å². The largest absolute Gasteiger partial charge is 0.514 e. The number of hydrogen-bond acceptors (Lipinski definition) is 3. The van der Waals surface area contributed by atoms with Crippen LogP contribution in [0.2, 0.25) is 0 Å². The number of benzene rings is 1. The maximum atomic E-state index is 11.4. The van der Waals surface area contributed by atoms with E-state index in [0.717, 1.165) is 10.0 Å². The van der Waals surface area contributed by atoms with Crippen molar-refractivity contribution in [2.24, 2.45) is 0 Å². The second-order valence-electron chi connectivity index (χ2n) is 4.50. The minimum atomic E-state index is -0.745. The summed E-state index contributed by atoms with van der Waals surface area (Å²) in [4.78, 5) is 11.4. The molecule has 0 unspecified atom stereocenters. The Kier molecular flexibility index (Phi) is 4.34. The zero-order valence-electron chi connectivity index (χ0n) is 10.1. The normalized spacial score (nSPS) is 10.8. The smallest absolute Gasteiger partial charge is 0.428 e. The average Bonchev–Trinajstić information content (AvgIpc) is 2.15. The first kappa shape index (κ1) is 13.8. The molecule has 1 aromatic rings. The first-order valence-electron chi connectivity index (χ1n) is 5.13. The molecule has 0 saturated heterocycles. The molecule has 0 heterocycles. The van der Waals surface area contributed by atoms with Crippen LogP contribution in [-0.2, 0) is 9.47 Å². The Bertz CT molecular complexity index is 415. The summed E-state index contributed by atoms with van der Waals surface area (Å²) in [6.07, 6.45) is -0.745. The minimum absolute atomic E-state index is 0.270. The Labute approximate surface area is 110 Å². The van der Waals surface area contributed by atoms with Crippen molar-refractivity contribution in [1.29, 1.82) is 0 Å². The van der Waals surface area contributed by atoms with Crippen molar-refractivity contribution >= 4 is 27.8 Å². The summed E-state index contributed by atoms with van der Waals surface area (Å²) >= 11 is 3.32. The highest BCUT2D eigenvalue weighted by Gasteiger charge is 2.18. The van der Waals surface area contributed by atoms with Crippen LogP contribution in [0.15, 0.2) is 35.3 Å². The fourth-order valence-corrected chi connectivity index (χ4v) is 1.33. The van der Waals surface area contributed by atoms with Crippen LogP contribution in [0.3, 0.4) is 0 Å². The minimum Gasteiger partial charge on any atom is -0.428 e. The molecule has 4 heteroatoms. The van der Waals surface area contributed by atoms with Crippen molar-refractivity contribution in [3.8, 4) is 0 Å². The molecule has 0 aliphatic heterocycles. The van der Waals surface area contributed by atoms with Gasteiger partial charge in [0, 0.05) is 10.0 Å². The summed E-state index contributed by atoms with van der Waals surface area (Å²) in [5.41, 5.74) is 0.163. The maximum absolute atomic E-state index is 11.4. The second kappa shape index (κ2) is 5.36. The number of ether oxygens (including phenoxy) is 2. The summed E-state index contributed by atoms with van der Waals surface area (Å²) in [5.74, 6) is 0.270. The summed E-state index contributed by atoms with van der Waals surface area (Å²) in [5, 5.41) is 0. The second-order valence-corrected chi connectivity index (χ2v) is 5.41. The number of carbonyl (C=O) groups excluding carboxylic acids is 1. The van der Waals surface area contributed by atoms with Crippen LogP contribution in [0.4, 0.5) is 4.79 Å². The van der Waals surface area contributed by atoms with Gasteiger partial charge in [-0.05, 0) is 32.9 Å². The van der Waals surface area contributed by atoms with Crippen molar-refractivity contribution in [3.63, 3.8) is 0 Å². The molecule has 0 bridgehead atoms. The van der Waals surface area contributed by atoms with E-state index in [1.54, 1.807) is 32.9 Å². The van der Waals surface area contributed by atoms with Gasteiger partial charge in [-0.2, -0.15) is 0 Å². The van der Waals surface area contributed by atoms with Gasteiger partial charge in [0.2, 0.25) is 0 Å². The van der Waals surface area contributed by atoms with E-state index in [-0.39, 0.29) is 5.76 Å². The molecule has 0 amide bonds. The molecule has 0 fully saturated rings. The quantitative estimate of drug-likeness (QED) is 0.601. The Morgan fingerprint density at radius 3 is 2.24 bits per heavy atom. The van der Waals surface area contributed by atoms with Gasteiger partial charge in [-0.25, -0.2) is 4.79 Å². The first-order chi connectivity index (χ1) is 7.78. The Hall–Kier alpha value is -1.29. The third-order valence-corrected chi connectivity index (χ3v) is 2.29. The van der Waals surface area contributed by atoms with E-state index in [1.165, 1.54) is 0 Å². The standard InChI is InChI=1S/C13H15BrO3/c1-9(10-5-7-11(14)8-6-10)16-12(15)17-13(2,3)4/h5-8H,1H2,2-4H3. The highest BCUT2D eigenvalue weighted by Crippen LogP contribution is 2.19. The molecule has 3 nitrogen and oxygen atoms in total. The van der Waals surface area contributed by atoms with Gasteiger partial charge in [-0.1, -0.05) is 34.6 Å². The highest BCUT2D eigenvalue weighted by molar-refractivity contribution is 9.10. The van der Waals surface area contributed by atoms with Gasteiger partial charge < -0.3 is 9.47 Å². The topological polar surface area (TPSA) is 35.5 Å². The van der Waals surface area contributed by atoms with Crippen LogP contribution in [0, 0.1) is 0 Å². The maximum Gasteiger partial charge on any atom is 0.514 e. The lowest BCUT2D eigenvalue weighted by molar-refractivity contribution is 0.0149. The molecular weight excluding hydrogens is 284 g/mol. The summed E-state index contributed by atoms with van der Waals surface area (Å²) < 4.78 is 11.0. The van der Waals surface area contributed by atoms with Gasteiger partial charge in [-0.3, -0.25) is 0 Å². The van der Waals surface area contributed by atoms with Crippen LogP contribution in [0.25, 0.3) is 5.76 Å². The first-order valence-corrected chi connectivity index (χ1v) is 5.93. The lowest BCUT2D eigenvalue weighted by Crippen LogP contribution is -2.24. The summed E-state index contributed by atoms with van der Waals surface area (Å²) in [7, 11) is 0. The molecular formula is C13H15BrO3.